The van der Waals surface area contributed by atoms with Crippen molar-refractivity contribution < 1.29 is 22.7 Å². The molecule has 0 unspecified atom stereocenters. The molecule has 3 amide bonds. The number of rotatable bonds is 9. The third-order valence-corrected chi connectivity index (χ3v) is 9.59. The van der Waals surface area contributed by atoms with Gasteiger partial charge < -0.3 is 15.4 Å². The van der Waals surface area contributed by atoms with E-state index in [-0.39, 0.29) is 17.0 Å². The highest BCUT2D eigenvalue weighted by atomic mass is 32.2. The van der Waals surface area contributed by atoms with E-state index in [4.69, 9.17) is 4.74 Å². The largest absolute Gasteiger partial charge is 0.446 e. The summed E-state index contributed by atoms with van der Waals surface area (Å²) >= 11 is 1.21. The molecule has 0 radical (unpaired) electrons. The molecule has 0 bridgehead atoms. The van der Waals surface area contributed by atoms with Gasteiger partial charge in [-0.3, -0.25) is 4.90 Å². The molecule has 1 aliphatic rings. The maximum Gasteiger partial charge on any atom is 0.416 e. The number of anilines is 2. The molecule has 1 fully saturated rings. The Bertz CT molecular complexity index is 1510. The van der Waals surface area contributed by atoms with E-state index in [1.54, 1.807) is 39.1 Å². The predicted molar refractivity (Wildman–Crippen MR) is 171 cm³/mol. The predicted octanol–water partition coefficient (Wildman–Crippen LogP) is 6.89. The molecule has 0 atom stereocenters. The lowest BCUT2D eigenvalue weighted by molar-refractivity contribution is 0.0797. The molecule has 3 aromatic rings. The van der Waals surface area contributed by atoms with Crippen LogP contribution in [0.15, 0.2) is 59.6 Å². The van der Waals surface area contributed by atoms with Crippen molar-refractivity contribution in [2.45, 2.75) is 95.8 Å². The van der Waals surface area contributed by atoms with Crippen molar-refractivity contribution in [3.05, 3.63) is 60.3 Å². The summed E-state index contributed by atoms with van der Waals surface area (Å²) < 4.78 is 35.8. The molecule has 0 spiro atoms. The number of hydrogen-bond acceptors (Lipinski definition) is 7. The van der Waals surface area contributed by atoms with Crippen LogP contribution in [-0.4, -0.2) is 43.2 Å². The second kappa shape index (κ2) is 13.9. The first kappa shape index (κ1) is 32.4. The van der Waals surface area contributed by atoms with E-state index in [0.29, 0.717) is 27.8 Å². The van der Waals surface area contributed by atoms with Gasteiger partial charge in [-0.05, 0) is 78.0 Å². The summed E-state index contributed by atoms with van der Waals surface area (Å²) in [6.07, 6.45) is 5.95. The first-order chi connectivity index (χ1) is 20.3. The number of ether oxygens (including phenoxy) is 1. The first-order valence-electron chi connectivity index (χ1n) is 14.6. The summed E-state index contributed by atoms with van der Waals surface area (Å²) in [6, 6.07) is 13.5. The Hall–Kier alpha value is -3.48. The van der Waals surface area contributed by atoms with E-state index in [1.165, 1.54) is 22.3 Å². The number of hydrogen-bond donors (Lipinski definition) is 3. The summed E-state index contributed by atoms with van der Waals surface area (Å²) in [5.74, 6) is 0. The molecule has 0 saturated heterocycles. The zero-order valence-electron chi connectivity index (χ0n) is 25.3. The Kier molecular flexibility index (Phi) is 10.5. The molecular formula is C31H41N5O5S2. The van der Waals surface area contributed by atoms with Gasteiger partial charge in [0.25, 0.3) is 0 Å². The van der Waals surface area contributed by atoms with Gasteiger partial charge in [0.1, 0.15) is 6.10 Å². The summed E-state index contributed by atoms with van der Waals surface area (Å²) in [5, 5.41) is 5.94. The van der Waals surface area contributed by atoms with Gasteiger partial charge in [-0.2, -0.15) is 0 Å². The minimum absolute atomic E-state index is 0.0145. The second-order valence-electron chi connectivity index (χ2n) is 12.0. The van der Waals surface area contributed by atoms with Crippen LogP contribution in [0.3, 0.4) is 0 Å². The summed E-state index contributed by atoms with van der Waals surface area (Å²) in [4.78, 5) is 32.4. The molecule has 1 aromatic heterocycles. The highest BCUT2D eigenvalue weighted by Crippen LogP contribution is 2.37. The van der Waals surface area contributed by atoms with Crippen LogP contribution in [0.25, 0.3) is 10.4 Å². The maximum atomic E-state index is 13.6. The van der Waals surface area contributed by atoms with Crippen LogP contribution in [0.1, 0.15) is 72.3 Å². The average Bonchev–Trinajstić information content (AvgIpc) is 3.41. The number of urea groups is 1. The number of carbonyl (C=O) groups is 2. The number of thiazole rings is 1. The van der Waals surface area contributed by atoms with Gasteiger partial charge >= 0.3 is 12.1 Å². The van der Waals surface area contributed by atoms with E-state index in [2.05, 4.69) is 20.3 Å². The van der Waals surface area contributed by atoms with Crippen LogP contribution in [0, 0.1) is 0 Å². The SMILES string of the molecule is CC(C)N(C(=O)OC1CCCCC1)c1ncc(-c2ccc(NC(=O)NCc3ccccc3)cc2S(=O)(=O)NC(C)(C)C)s1. The van der Waals surface area contributed by atoms with E-state index in [9.17, 15) is 18.0 Å². The van der Waals surface area contributed by atoms with Crippen molar-refractivity contribution in [1.29, 1.82) is 0 Å². The Labute approximate surface area is 258 Å². The fourth-order valence-electron chi connectivity index (χ4n) is 4.83. The molecule has 43 heavy (non-hydrogen) atoms. The van der Waals surface area contributed by atoms with Crippen molar-refractivity contribution in [2.75, 3.05) is 10.2 Å². The van der Waals surface area contributed by atoms with Crippen LogP contribution >= 0.6 is 11.3 Å². The Morgan fingerprint density at radius 2 is 1.77 bits per heavy atom. The highest BCUT2D eigenvalue weighted by molar-refractivity contribution is 7.89. The molecule has 10 nitrogen and oxygen atoms in total. The van der Waals surface area contributed by atoms with Gasteiger partial charge in [0.05, 0.1) is 9.77 Å². The molecule has 2 aromatic carbocycles. The zero-order chi connectivity index (χ0) is 31.2. The highest BCUT2D eigenvalue weighted by Gasteiger charge is 2.30. The Balaban J connectivity index is 1.61. The number of aromatic nitrogens is 1. The van der Waals surface area contributed by atoms with Crippen molar-refractivity contribution in [1.82, 2.24) is 15.0 Å². The van der Waals surface area contributed by atoms with Crippen LogP contribution in [-0.2, 0) is 21.3 Å². The second-order valence-corrected chi connectivity index (χ2v) is 14.6. The van der Waals surface area contributed by atoms with Crippen LogP contribution in [0.2, 0.25) is 0 Å². The smallest absolute Gasteiger partial charge is 0.416 e. The van der Waals surface area contributed by atoms with E-state index < -0.39 is 27.7 Å². The molecule has 232 valence electrons. The lowest BCUT2D eigenvalue weighted by atomic mass is 9.98. The molecule has 3 N–H and O–H groups in total. The van der Waals surface area contributed by atoms with Gasteiger partial charge in [0, 0.05) is 35.6 Å². The third-order valence-electron chi connectivity index (χ3n) is 6.76. The molecular weight excluding hydrogens is 587 g/mol. The average molecular weight is 628 g/mol. The van der Waals surface area contributed by atoms with Gasteiger partial charge in [0.15, 0.2) is 5.13 Å². The number of nitrogens with zero attached hydrogens (tertiary/aromatic N) is 2. The first-order valence-corrected chi connectivity index (χ1v) is 16.9. The van der Waals surface area contributed by atoms with Gasteiger partial charge in [-0.1, -0.05) is 54.2 Å². The van der Waals surface area contributed by atoms with E-state index >= 15 is 0 Å². The van der Waals surface area contributed by atoms with Gasteiger partial charge in [0.2, 0.25) is 10.0 Å². The monoisotopic (exact) mass is 627 g/mol. The van der Waals surface area contributed by atoms with E-state index in [0.717, 1.165) is 37.7 Å². The summed E-state index contributed by atoms with van der Waals surface area (Å²) in [5.41, 5.74) is 0.904. The summed E-state index contributed by atoms with van der Waals surface area (Å²) in [7, 11) is -4.02. The minimum Gasteiger partial charge on any atom is -0.446 e. The maximum absolute atomic E-state index is 13.6. The molecule has 1 saturated carbocycles. The lowest BCUT2D eigenvalue weighted by Gasteiger charge is -2.28. The summed E-state index contributed by atoms with van der Waals surface area (Å²) in [6.45, 7) is 9.36. The van der Waals surface area contributed by atoms with Gasteiger partial charge in [-0.15, -0.1) is 0 Å². The molecule has 0 aliphatic heterocycles. The fourth-order valence-corrected chi connectivity index (χ4v) is 7.64. The number of nitrogens with one attached hydrogen (secondary N) is 3. The number of benzene rings is 2. The number of amides is 3. The quantitative estimate of drug-likeness (QED) is 0.237. The standard InChI is InChI=1S/C31H41N5O5S2/c1-21(2)36(30(38)41-24-14-10-7-11-15-24)29-33-20-26(42-29)25-17-16-23(18-27(25)43(39,40)35-31(3,4)5)34-28(37)32-19-22-12-8-6-9-13-22/h6,8-9,12-13,16-18,20-21,24,35H,7,10-11,14-15,19H2,1-5H3,(H2,32,34,37). The normalized spacial score (nSPS) is 14.4. The topological polar surface area (TPSA) is 130 Å². The lowest BCUT2D eigenvalue weighted by Crippen LogP contribution is -2.40. The molecule has 1 aliphatic carbocycles. The van der Waals surface area contributed by atoms with Crippen molar-refractivity contribution >= 4 is 44.3 Å². The minimum atomic E-state index is -4.02. The fraction of sp³-hybridized carbons (Fsp3) is 0.452. The molecule has 4 rings (SSSR count). The molecule has 12 heteroatoms. The number of carbonyl (C=O) groups excluding carboxylic acids is 2. The Morgan fingerprint density at radius 1 is 1.07 bits per heavy atom. The Morgan fingerprint density at radius 3 is 2.42 bits per heavy atom. The van der Waals surface area contributed by atoms with Crippen molar-refractivity contribution in [2.24, 2.45) is 0 Å². The van der Waals surface area contributed by atoms with Crippen molar-refractivity contribution in [3.8, 4) is 10.4 Å². The van der Waals surface area contributed by atoms with Crippen LogP contribution < -0.4 is 20.3 Å². The van der Waals surface area contributed by atoms with Crippen LogP contribution in [0.4, 0.5) is 20.4 Å². The number of sulfonamides is 1. The zero-order valence-corrected chi connectivity index (χ0v) is 27.0. The van der Waals surface area contributed by atoms with Crippen LogP contribution in [0.5, 0.6) is 0 Å². The van der Waals surface area contributed by atoms with E-state index in [1.807, 2.05) is 44.2 Å². The molecule has 1 heterocycles. The van der Waals surface area contributed by atoms with Gasteiger partial charge in [-0.25, -0.2) is 27.7 Å². The van der Waals surface area contributed by atoms with Crippen molar-refractivity contribution in [3.63, 3.8) is 0 Å². The third kappa shape index (κ3) is 9.01.